The molecule has 3 aromatic heterocycles. The van der Waals surface area contributed by atoms with Crippen molar-refractivity contribution < 1.29 is 39.6 Å². The van der Waals surface area contributed by atoms with E-state index in [2.05, 4.69) is 20.9 Å². The van der Waals surface area contributed by atoms with Crippen molar-refractivity contribution in [1.29, 1.82) is 0 Å². The van der Waals surface area contributed by atoms with Crippen LogP contribution in [0.5, 0.6) is 0 Å². The van der Waals surface area contributed by atoms with Gasteiger partial charge in [-0.15, -0.1) is 6.42 Å². The summed E-state index contributed by atoms with van der Waals surface area (Å²) >= 11 is 0. The van der Waals surface area contributed by atoms with Crippen molar-refractivity contribution in [3.05, 3.63) is 63.5 Å². The lowest BCUT2D eigenvalue weighted by molar-refractivity contribution is -0.138. The van der Waals surface area contributed by atoms with E-state index in [1.807, 2.05) is 0 Å². The van der Waals surface area contributed by atoms with Gasteiger partial charge in [0.15, 0.2) is 0 Å². The largest absolute Gasteiger partial charge is 0.481 e. The average Bonchev–Trinajstić information content (AvgIpc) is 2.89. The number of aromatic nitrogens is 3. The first-order valence-electron chi connectivity index (χ1n) is 11.8. The van der Waals surface area contributed by atoms with Gasteiger partial charge in [-0.05, 0) is 34.9 Å². The quantitative estimate of drug-likeness (QED) is 0.171. The SMILES string of the molecule is C#Cc1cc(-c2cccc(CN)n2)nc(-c2nc(CN)c(CC(=O)O)c(CC(=O)O)c2CC(=O)O)c1CC(=O)O. The van der Waals surface area contributed by atoms with Gasteiger partial charge in [-0.2, -0.15) is 0 Å². The topological polar surface area (TPSA) is 240 Å². The normalized spacial score (nSPS) is 10.6. The highest BCUT2D eigenvalue weighted by Crippen LogP contribution is 2.34. The average molecular weight is 548 g/mol. The lowest BCUT2D eigenvalue weighted by Crippen LogP contribution is -2.20. The molecule has 40 heavy (non-hydrogen) atoms. The predicted molar refractivity (Wildman–Crippen MR) is 140 cm³/mol. The van der Waals surface area contributed by atoms with Crippen molar-refractivity contribution in [3.63, 3.8) is 0 Å². The number of hydrogen-bond acceptors (Lipinski definition) is 9. The van der Waals surface area contributed by atoms with E-state index in [0.717, 1.165) is 0 Å². The number of aliphatic carboxylic acids is 4. The van der Waals surface area contributed by atoms with Crippen molar-refractivity contribution in [2.45, 2.75) is 38.8 Å². The first kappa shape index (κ1) is 29.4. The molecule has 0 fully saturated rings. The Balaban J connectivity index is 2.54. The molecule has 0 saturated carbocycles. The highest BCUT2D eigenvalue weighted by Gasteiger charge is 2.28. The van der Waals surface area contributed by atoms with Gasteiger partial charge in [0.25, 0.3) is 0 Å². The first-order chi connectivity index (χ1) is 19.0. The second-order valence-corrected chi connectivity index (χ2v) is 8.57. The summed E-state index contributed by atoms with van der Waals surface area (Å²) in [6.45, 7) is -0.209. The van der Waals surface area contributed by atoms with Crippen molar-refractivity contribution in [2.75, 3.05) is 0 Å². The Morgan fingerprint density at radius 1 is 0.700 bits per heavy atom. The monoisotopic (exact) mass is 547 g/mol. The molecule has 13 nitrogen and oxygen atoms in total. The minimum absolute atomic E-state index is 0.0122. The van der Waals surface area contributed by atoms with Gasteiger partial charge in [0.1, 0.15) is 0 Å². The number of hydrogen-bond donors (Lipinski definition) is 6. The number of terminal acetylenes is 1. The fraction of sp³-hybridized carbons (Fsp3) is 0.222. The summed E-state index contributed by atoms with van der Waals surface area (Å²) in [6.07, 6.45) is 2.92. The van der Waals surface area contributed by atoms with E-state index in [1.54, 1.807) is 18.2 Å². The zero-order chi connectivity index (χ0) is 29.6. The summed E-state index contributed by atoms with van der Waals surface area (Å²) in [5.74, 6) is -2.90. The van der Waals surface area contributed by atoms with Gasteiger partial charge in [-0.1, -0.05) is 12.0 Å². The molecule has 3 heterocycles. The fourth-order valence-corrected chi connectivity index (χ4v) is 4.29. The van der Waals surface area contributed by atoms with Gasteiger partial charge in [0.2, 0.25) is 0 Å². The Labute approximate surface area is 227 Å². The summed E-state index contributed by atoms with van der Waals surface area (Å²) in [7, 11) is 0. The van der Waals surface area contributed by atoms with Crippen molar-refractivity contribution in [1.82, 2.24) is 15.0 Å². The molecule has 0 aliphatic heterocycles. The third-order valence-electron chi connectivity index (χ3n) is 5.90. The van der Waals surface area contributed by atoms with E-state index in [4.69, 9.17) is 17.9 Å². The molecule has 3 aromatic rings. The number of pyridine rings is 3. The van der Waals surface area contributed by atoms with Crippen molar-refractivity contribution >= 4 is 23.9 Å². The number of nitrogens with zero attached hydrogens (tertiary/aromatic N) is 3. The molecule has 0 atom stereocenters. The predicted octanol–water partition coefficient (Wildman–Crippen LogP) is 0.613. The van der Waals surface area contributed by atoms with Crippen LogP contribution in [0.1, 0.15) is 39.2 Å². The van der Waals surface area contributed by atoms with Gasteiger partial charge in [-0.3, -0.25) is 19.2 Å². The number of carboxylic acids is 4. The van der Waals surface area contributed by atoms with Gasteiger partial charge < -0.3 is 31.9 Å². The number of carboxylic acid groups (broad SMARTS) is 4. The molecule has 0 bridgehead atoms. The van der Waals surface area contributed by atoms with Crippen LogP contribution in [0.15, 0.2) is 24.3 Å². The van der Waals surface area contributed by atoms with Crippen LogP contribution in [-0.4, -0.2) is 59.3 Å². The third kappa shape index (κ3) is 6.62. The van der Waals surface area contributed by atoms with Gasteiger partial charge in [0, 0.05) is 24.2 Å². The minimum atomic E-state index is -1.37. The second-order valence-electron chi connectivity index (χ2n) is 8.57. The number of carbonyl (C=O) groups is 4. The zero-order valence-corrected chi connectivity index (χ0v) is 21.0. The van der Waals surface area contributed by atoms with Crippen LogP contribution in [-0.2, 0) is 58.0 Å². The van der Waals surface area contributed by atoms with Crippen LogP contribution in [0, 0.1) is 12.3 Å². The molecule has 0 saturated heterocycles. The molecular weight excluding hydrogens is 522 g/mol. The van der Waals surface area contributed by atoms with E-state index < -0.39 is 49.6 Å². The molecule has 0 amide bonds. The molecule has 0 unspecified atom stereocenters. The lowest BCUT2D eigenvalue weighted by atomic mass is 9.88. The van der Waals surface area contributed by atoms with Crippen LogP contribution in [0.3, 0.4) is 0 Å². The molecule has 3 rings (SSSR count). The Morgan fingerprint density at radius 2 is 1.25 bits per heavy atom. The van der Waals surface area contributed by atoms with Crippen LogP contribution >= 0.6 is 0 Å². The Kier molecular flexibility index (Phi) is 9.23. The molecule has 0 spiro atoms. The van der Waals surface area contributed by atoms with Crippen LogP contribution < -0.4 is 11.5 Å². The van der Waals surface area contributed by atoms with Crippen LogP contribution in [0.2, 0.25) is 0 Å². The Morgan fingerprint density at radius 3 is 1.80 bits per heavy atom. The van der Waals surface area contributed by atoms with Crippen LogP contribution in [0.4, 0.5) is 0 Å². The van der Waals surface area contributed by atoms with E-state index in [9.17, 15) is 39.6 Å². The maximum absolute atomic E-state index is 11.9. The van der Waals surface area contributed by atoms with E-state index in [1.165, 1.54) is 6.07 Å². The number of nitrogens with two attached hydrogens (primary N) is 2. The van der Waals surface area contributed by atoms with Gasteiger partial charge >= 0.3 is 23.9 Å². The molecular formula is C27H25N5O8. The third-order valence-corrected chi connectivity index (χ3v) is 5.90. The Bertz CT molecular complexity index is 1560. The highest BCUT2D eigenvalue weighted by atomic mass is 16.4. The maximum Gasteiger partial charge on any atom is 0.307 e. The molecule has 206 valence electrons. The fourth-order valence-electron chi connectivity index (χ4n) is 4.29. The summed E-state index contributed by atoms with van der Waals surface area (Å²) in [4.78, 5) is 60.7. The highest BCUT2D eigenvalue weighted by molar-refractivity contribution is 5.84. The molecule has 0 aromatic carbocycles. The van der Waals surface area contributed by atoms with Gasteiger partial charge in [0.05, 0.1) is 59.8 Å². The molecule has 0 radical (unpaired) electrons. The molecule has 8 N–H and O–H groups in total. The summed E-state index contributed by atoms with van der Waals surface area (Å²) in [5, 5.41) is 38.5. The summed E-state index contributed by atoms with van der Waals surface area (Å²) < 4.78 is 0. The standard InChI is InChI=1S/C27H25N5O8/c1-2-13-6-20(19-5-3-4-14(11-28)30-19)31-26(15(13)7-22(33)34)27-18(10-25(39)40)16(8-23(35)36)17(9-24(37)38)21(12-29)32-27/h1,3-6H,7-12,28-29H2,(H,33,34)(H,35,36)(H,37,38)(H,39,40). The molecule has 13 heteroatoms. The minimum Gasteiger partial charge on any atom is -0.481 e. The van der Waals surface area contributed by atoms with Crippen LogP contribution in [0.25, 0.3) is 22.8 Å². The first-order valence-corrected chi connectivity index (χ1v) is 11.8. The lowest BCUT2D eigenvalue weighted by Gasteiger charge is -2.21. The van der Waals surface area contributed by atoms with E-state index in [-0.39, 0.29) is 63.7 Å². The molecule has 0 aliphatic carbocycles. The van der Waals surface area contributed by atoms with Crippen molar-refractivity contribution in [2.24, 2.45) is 11.5 Å². The molecule has 0 aliphatic rings. The van der Waals surface area contributed by atoms with Crippen molar-refractivity contribution in [3.8, 4) is 35.1 Å². The summed E-state index contributed by atoms with van der Waals surface area (Å²) in [5.41, 5.74) is 12.1. The number of rotatable bonds is 12. The van der Waals surface area contributed by atoms with E-state index in [0.29, 0.717) is 11.4 Å². The Hall–Kier alpha value is -5.19. The summed E-state index contributed by atoms with van der Waals surface area (Å²) in [6, 6.07) is 6.43. The maximum atomic E-state index is 11.9. The van der Waals surface area contributed by atoms with Gasteiger partial charge in [-0.25, -0.2) is 15.0 Å². The smallest absolute Gasteiger partial charge is 0.307 e. The second kappa shape index (κ2) is 12.6. The zero-order valence-electron chi connectivity index (χ0n) is 21.0. The van der Waals surface area contributed by atoms with E-state index >= 15 is 0 Å².